The van der Waals surface area contributed by atoms with Crippen LogP contribution in [0.5, 0.6) is 11.5 Å². The highest BCUT2D eigenvalue weighted by atomic mass is 19.4. The topological polar surface area (TPSA) is 45.2 Å². The molecule has 0 unspecified atom stereocenters. The monoisotopic (exact) mass is 410 g/mol. The molecule has 8 heteroatoms. The van der Waals surface area contributed by atoms with Gasteiger partial charge < -0.3 is 19.5 Å². The highest BCUT2D eigenvalue weighted by molar-refractivity contribution is 5.49. The number of hydrogen-bond acceptors (Lipinski definition) is 5. The molecule has 5 nitrogen and oxygen atoms in total. The Balaban J connectivity index is 1.46. The summed E-state index contributed by atoms with van der Waals surface area (Å²) < 4.78 is 49.5. The van der Waals surface area contributed by atoms with Gasteiger partial charge in [-0.05, 0) is 30.3 Å². The number of nitrogens with zero attached hydrogens (tertiary/aromatic N) is 2. The third-order valence-electron chi connectivity index (χ3n) is 4.86. The third-order valence-corrected chi connectivity index (χ3v) is 4.86. The van der Waals surface area contributed by atoms with Crippen molar-refractivity contribution in [2.45, 2.75) is 12.3 Å². The van der Waals surface area contributed by atoms with E-state index in [0.29, 0.717) is 49.9 Å². The van der Waals surface area contributed by atoms with Crippen LogP contribution in [0.4, 0.5) is 18.9 Å². The van der Waals surface area contributed by atoms with Gasteiger partial charge in [-0.3, -0.25) is 4.90 Å². The molecule has 0 aromatic heterocycles. The second kappa shape index (κ2) is 9.37. The second-order valence-electron chi connectivity index (χ2n) is 6.98. The second-order valence-corrected chi connectivity index (χ2v) is 6.98. The van der Waals surface area contributed by atoms with Gasteiger partial charge in [0.2, 0.25) is 0 Å². The summed E-state index contributed by atoms with van der Waals surface area (Å²) in [6.45, 7) is 3.12. The minimum absolute atomic E-state index is 0.154. The standard InChI is InChI=1S/C21H25F3N2O3/c1-28-19-6-3-7-20(13-19)29-15-18(27)14-25-8-10-26(11-9-25)17-5-2-4-16(12-17)21(22,23)24/h2-7,12-13,18,27H,8-11,14-15H2,1H3/t18-/m0/s1. The lowest BCUT2D eigenvalue weighted by Gasteiger charge is -2.37. The van der Waals surface area contributed by atoms with Gasteiger partial charge in [-0.15, -0.1) is 0 Å². The molecule has 1 atom stereocenters. The molecule has 2 aromatic rings. The molecule has 1 saturated heterocycles. The minimum Gasteiger partial charge on any atom is -0.497 e. The van der Waals surface area contributed by atoms with E-state index in [2.05, 4.69) is 4.90 Å². The predicted molar refractivity (Wildman–Crippen MR) is 105 cm³/mol. The number of alkyl halides is 3. The fraction of sp³-hybridized carbons (Fsp3) is 0.429. The first-order chi connectivity index (χ1) is 13.8. The van der Waals surface area contributed by atoms with Crippen molar-refractivity contribution in [2.75, 3.05) is 51.3 Å². The van der Waals surface area contributed by atoms with E-state index in [-0.39, 0.29) is 6.61 Å². The zero-order valence-electron chi connectivity index (χ0n) is 16.2. The van der Waals surface area contributed by atoms with Gasteiger partial charge in [0.05, 0.1) is 12.7 Å². The molecule has 3 rings (SSSR count). The summed E-state index contributed by atoms with van der Waals surface area (Å²) in [6, 6.07) is 12.6. The molecular formula is C21H25F3N2O3. The van der Waals surface area contributed by atoms with Crippen LogP contribution in [0, 0.1) is 0 Å². The lowest BCUT2D eigenvalue weighted by molar-refractivity contribution is -0.137. The molecule has 0 radical (unpaired) electrons. The Morgan fingerprint density at radius 3 is 2.38 bits per heavy atom. The van der Waals surface area contributed by atoms with Gasteiger partial charge in [-0.25, -0.2) is 0 Å². The van der Waals surface area contributed by atoms with Crippen molar-refractivity contribution in [2.24, 2.45) is 0 Å². The van der Waals surface area contributed by atoms with Gasteiger partial charge in [-0.1, -0.05) is 12.1 Å². The Bertz CT molecular complexity index is 793. The number of aliphatic hydroxyl groups excluding tert-OH is 1. The molecular weight excluding hydrogens is 385 g/mol. The van der Waals surface area contributed by atoms with Gasteiger partial charge >= 0.3 is 6.18 Å². The molecule has 1 N–H and O–H groups in total. The molecule has 0 saturated carbocycles. The molecule has 29 heavy (non-hydrogen) atoms. The van der Waals surface area contributed by atoms with Crippen molar-refractivity contribution < 1.29 is 27.8 Å². The van der Waals surface area contributed by atoms with Gasteiger partial charge in [0, 0.05) is 44.5 Å². The zero-order valence-corrected chi connectivity index (χ0v) is 16.2. The maximum Gasteiger partial charge on any atom is 0.416 e. The van der Waals surface area contributed by atoms with Crippen LogP contribution in [0.1, 0.15) is 5.56 Å². The lowest BCUT2D eigenvalue weighted by Crippen LogP contribution is -2.49. The minimum atomic E-state index is -4.34. The highest BCUT2D eigenvalue weighted by Crippen LogP contribution is 2.31. The SMILES string of the molecule is COc1cccc(OC[C@@H](O)CN2CCN(c3cccc(C(F)(F)F)c3)CC2)c1. The third kappa shape index (κ3) is 6.01. The number of aliphatic hydroxyl groups is 1. The quantitative estimate of drug-likeness (QED) is 0.759. The molecule has 0 spiro atoms. The summed E-state index contributed by atoms with van der Waals surface area (Å²) in [5, 5.41) is 10.3. The van der Waals surface area contributed by atoms with Gasteiger partial charge in [0.25, 0.3) is 0 Å². The average molecular weight is 410 g/mol. The highest BCUT2D eigenvalue weighted by Gasteiger charge is 2.31. The summed E-state index contributed by atoms with van der Waals surface area (Å²) >= 11 is 0. The van der Waals surface area contributed by atoms with Gasteiger partial charge in [-0.2, -0.15) is 13.2 Å². The Kier molecular flexibility index (Phi) is 6.87. The fourth-order valence-corrected chi connectivity index (χ4v) is 3.30. The smallest absolute Gasteiger partial charge is 0.416 e. The van der Waals surface area contributed by atoms with E-state index < -0.39 is 17.8 Å². The number of hydrogen-bond donors (Lipinski definition) is 1. The lowest BCUT2D eigenvalue weighted by atomic mass is 10.1. The van der Waals surface area contributed by atoms with Crippen LogP contribution >= 0.6 is 0 Å². The first kappa shape index (κ1) is 21.3. The van der Waals surface area contributed by atoms with E-state index in [0.717, 1.165) is 6.07 Å². The van der Waals surface area contributed by atoms with Crippen molar-refractivity contribution in [1.82, 2.24) is 4.90 Å². The van der Waals surface area contributed by atoms with Crippen LogP contribution in [-0.4, -0.2) is 62.6 Å². The fourth-order valence-electron chi connectivity index (χ4n) is 3.30. The van der Waals surface area contributed by atoms with E-state index >= 15 is 0 Å². The number of ether oxygens (including phenoxy) is 2. The molecule has 1 aliphatic heterocycles. The van der Waals surface area contributed by atoms with E-state index in [1.165, 1.54) is 12.1 Å². The van der Waals surface area contributed by atoms with E-state index in [4.69, 9.17) is 9.47 Å². The Morgan fingerprint density at radius 2 is 1.69 bits per heavy atom. The maximum atomic E-state index is 12.9. The number of rotatable bonds is 7. The summed E-state index contributed by atoms with van der Waals surface area (Å²) in [5.41, 5.74) is -0.0658. The van der Waals surface area contributed by atoms with Crippen LogP contribution in [0.3, 0.4) is 0 Å². The summed E-state index contributed by atoms with van der Waals surface area (Å²) in [5.74, 6) is 1.31. The Hall–Kier alpha value is -2.45. The van der Waals surface area contributed by atoms with Crippen molar-refractivity contribution in [3.8, 4) is 11.5 Å². The first-order valence-electron chi connectivity index (χ1n) is 9.44. The Morgan fingerprint density at radius 1 is 1.00 bits per heavy atom. The number of methoxy groups -OCH3 is 1. The van der Waals surface area contributed by atoms with E-state index in [1.54, 1.807) is 25.3 Å². The van der Waals surface area contributed by atoms with E-state index in [1.807, 2.05) is 17.0 Å². The molecule has 1 fully saturated rings. The van der Waals surface area contributed by atoms with Crippen molar-refractivity contribution in [1.29, 1.82) is 0 Å². The van der Waals surface area contributed by atoms with Crippen molar-refractivity contribution >= 4 is 5.69 Å². The maximum absolute atomic E-state index is 12.9. The van der Waals surface area contributed by atoms with Crippen LogP contribution < -0.4 is 14.4 Å². The number of halogens is 3. The molecule has 2 aromatic carbocycles. The molecule has 0 aliphatic carbocycles. The largest absolute Gasteiger partial charge is 0.497 e. The van der Waals surface area contributed by atoms with E-state index in [9.17, 15) is 18.3 Å². The van der Waals surface area contributed by atoms with Gasteiger partial charge in [0.1, 0.15) is 24.2 Å². The molecule has 0 amide bonds. The zero-order chi connectivity index (χ0) is 20.9. The first-order valence-corrected chi connectivity index (χ1v) is 9.44. The summed E-state index contributed by atoms with van der Waals surface area (Å²) in [6.07, 6.45) is -5.01. The normalized spacial score (nSPS) is 16.5. The number of piperazine rings is 1. The van der Waals surface area contributed by atoms with Crippen LogP contribution in [0.25, 0.3) is 0 Å². The molecule has 0 bridgehead atoms. The Labute approximate surface area is 168 Å². The van der Waals surface area contributed by atoms with Crippen LogP contribution in [0.2, 0.25) is 0 Å². The molecule has 1 aliphatic rings. The molecule has 158 valence electrons. The number of β-amino-alcohol motifs (C(OH)–C–C–N with tert-alkyl or cyclic N) is 1. The summed E-state index contributed by atoms with van der Waals surface area (Å²) in [7, 11) is 1.58. The molecule has 1 heterocycles. The number of benzene rings is 2. The average Bonchev–Trinajstić information content (AvgIpc) is 2.72. The number of anilines is 1. The van der Waals surface area contributed by atoms with Crippen molar-refractivity contribution in [3.05, 3.63) is 54.1 Å². The van der Waals surface area contributed by atoms with Gasteiger partial charge in [0.15, 0.2) is 0 Å². The summed E-state index contributed by atoms with van der Waals surface area (Å²) in [4.78, 5) is 4.02. The van der Waals surface area contributed by atoms with Crippen molar-refractivity contribution in [3.63, 3.8) is 0 Å². The predicted octanol–water partition coefficient (Wildman–Crippen LogP) is 3.28. The van der Waals surface area contributed by atoms with Crippen LogP contribution in [-0.2, 0) is 6.18 Å². The van der Waals surface area contributed by atoms with Crippen LogP contribution in [0.15, 0.2) is 48.5 Å².